The summed E-state index contributed by atoms with van der Waals surface area (Å²) in [7, 11) is 1.89. The monoisotopic (exact) mass is 328 g/mol. The van der Waals surface area contributed by atoms with Crippen molar-refractivity contribution in [1.82, 2.24) is 19.7 Å². The Morgan fingerprint density at radius 3 is 3.13 bits per heavy atom. The number of aromatic nitrogens is 3. The zero-order valence-corrected chi connectivity index (χ0v) is 13.5. The van der Waals surface area contributed by atoms with Gasteiger partial charge in [0.05, 0.1) is 18.5 Å². The fourth-order valence-corrected chi connectivity index (χ4v) is 3.76. The second-order valence-electron chi connectivity index (χ2n) is 5.62. The number of aryl methyl sites for hydroxylation is 1. The smallest absolute Gasteiger partial charge is 0.273 e. The summed E-state index contributed by atoms with van der Waals surface area (Å²) in [5.74, 6) is 0.671. The predicted molar refractivity (Wildman–Crippen MR) is 86.0 cm³/mol. The number of carbonyl (C=O) groups excluding carboxylic acids is 1. The van der Waals surface area contributed by atoms with Gasteiger partial charge in [-0.25, -0.2) is 4.98 Å². The number of carbonyl (C=O) groups is 1. The van der Waals surface area contributed by atoms with Gasteiger partial charge in [-0.15, -0.1) is 11.3 Å². The topological polar surface area (TPSA) is 64.2 Å². The van der Waals surface area contributed by atoms with E-state index in [0.29, 0.717) is 11.5 Å². The number of rotatable bonds is 3. The van der Waals surface area contributed by atoms with E-state index < -0.39 is 0 Å². The highest BCUT2D eigenvalue weighted by molar-refractivity contribution is 7.13. The summed E-state index contributed by atoms with van der Waals surface area (Å²) in [6.45, 7) is 0.756. The molecule has 118 valence electrons. The third-order valence-electron chi connectivity index (χ3n) is 4.08. The highest BCUT2D eigenvalue weighted by Gasteiger charge is 2.32. The van der Waals surface area contributed by atoms with Gasteiger partial charge in [0.25, 0.3) is 5.91 Å². The maximum atomic E-state index is 12.8. The van der Waals surface area contributed by atoms with Crippen molar-refractivity contribution >= 4 is 17.2 Å². The second kappa shape index (κ2) is 5.66. The molecule has 23 heavy (non-hydrogen) atoms. The van der Waals surface area contributed by atoms with Gasteiger partial charge in [0.1, 0.15) is 5.69 Å². The first-order chi connectivity index (χ1) is 11.2. The molecular formula is C16H16N4O2S. The maximum absolute atomic E-state index is 12.8. The normalized spacial score (nSPS) is 17.8. The molecule has 6 nitrogen and oxygen atoms in total. The molecule has 3 aromatic heterocycles. The molecule has 0 N–H and O–H groups in total. The summed E-state index contributed by atoms with van der Waals surface area (Å²) in [5, 5.41) is 6.75. The average molecular weight is 328 g/mol. The molecule has 0 aromatic carbocycles. The molecule has 0 spiro atoms. The molecule has 1 saturated heterocycles. The molecule has 7 heteroatoms. The van der Waals surface area contributed by atoms with Crippen LogP contribution in [0.5, 0.6) is 0 Å². The molecule has 0 unspecified atom stereocenters. The molecule has 4 heterocycles. The van der Waals surface area contributed by atoms with Crippen molar-refractivity contribution in [2.45, 2.75) is 18.9 Å². The van der Waals surface area contributed by atoms with Gasteiger partial charge in [-0.1, -0.05) is 0 Å². The lowest BCUT2D eigenvalue weighted by Gasteiger charge is -2.22. The number of likely N-dealkylation sites (tertiary alicyclic amines) is 1. The first-order valence-corrected chi connectivity index (χ1v) is 8.39. The van der Waals surface area contributed by atoms with E-state index in [-0.39, 0.29) is 11.9 Å². The highest BCUT2D eigenvalue weighted by atomic mass is 32.1. The van der Waals surface area contributed by atoms with Crippen LogP contribution in [0.2, 0.25) is 0 Å². The molecule has 0 radical (unpaired) electrons. The van der Waals surface area contributed by atoms with Crippen LogP contribution in [0.15, 0.2) is 40.6 Å². The molecule has 1 amide bonds. The van der Waals surface area contributed by atoms with Crippen LogP contribution in [0.4, 0.5) is 0 Å². The van der Waals surface area contributed by atoms with E-state index in [1.807, 2.05) is 36.5 Å². The molecular weight excluding hydrogens is 312 g/mol. The third kappa shape index (κ3) is 2.57. The number of thiazole rings is 1. The summed E-state index contributed by atoms with van der Waals surface area (Å²) < 4.78 is 7.12. The van der Waals surface area contributed by atoms with Crippen molar-refractivity contribution < 1.29 is 9.21 Å². The summed E-state index contributed by atoms with van der Waals surface area (Å²) in [4.78, 5) is 19.2. The van der Waals surface area contributed by atoms with Crippen molar-refractivity contribution in [3.63, 3.8) is 0 Å². The number of hydrogen-bond acceptors (Lipinski definition) is 5. The molecule has 1 aliphatic heterocycles. The van der Waals surface area contributed by atoms with Gasteiger partial charge in [-0.05, 0) is 25.0 Å². The van der Waals surface area contributed by atoms with Gasteiger partial charge < -0.3 is 9.32 Å². The fraction of sp³-hybridized carbons (Fsp3) is 0.312. The maximum Gasteiger partial charge on any atom is 0.273 e. The summed E-state index contributed by atoms with van der Waals surface area (Å²) in [6.07, 6.45) is 7.39. The minimum atomic E-state index is -0.0228. The van der Waals surface area contributed by atoms with Crippen LogP contribution >= 0.6 is 11.3 Å². The number of hydrogen-bond donors (Lipinski definition) is 0. The van der Waals surface area contributed by atoms with Gasteiger partial charge in [-0.2, -0.15) is 5.10 Å². The first-order valence-electron chi connectivity index (χ1n) is 7.51. The number of nitrogens with zero attached hydrogens (tertiary/aromatic N) is 4. The second-order valence-corrected chi connectivity index (χ2v) is 6.48. The Balaban J connectivity index is 1.58. The molecule has 1 atom stereocenters. The summed E-state index contributed by atoms with van der Waals surface area (Å²) >= 11 is 1.43. The van der Waals surface area contributed by atoms with Crippen LogP contribution in [-0.4, -0.2) is 32.1 Å². The Morgan fingerprint density at radius 1 is 1.48 bits per heavy atom. The van der Waals surface area contributed by atoms with Crippen LogP contribution in [0.25, 0.3) is 10.8 Å². The first kappa shape index (κ1) is 14.2. The largest absolute Gasteiger partial charge is 0.462 e. The predicted octanol–water partition coefficient (Wildman–Crippen LogP) is 3.11. The molecule has 3 aromatic rings. The highest BCUT2D eigenvalue weighted by Crippen LogP contribution is 2.33. The zero-order chi connectivity index (χ0) is 15.8. The Labute approximate surface area is 137 Å². The Bertz CT molecular complexity index is 821. The minimum absolute atomic E-state index is 0.0228. The fourth-order valence-electron chi connectivity index (χ4n) is 3.00. The van der Waals surface area contributed by atoms with Crippen LogP contribution in [0, 0.1) is 0 Å². The Hall–Kier alpha value is -2.41. The Kier molecular flexibility index (Phi) is 3.49. The van der Waals surface area contributed by atoms with Crippen LogP contribution in [0.3, 0.4) is 0 Å². The number of amides is 1. The summed E-state index contributed by atoms with van der Waals surface area (Å²) in [5.41, 5.74) is 1.57. The van der Waals surface area contributed by atoms with Crippen molar-refractivity contribution in [2.75, 3.05) is 6.54 Å². The van der Waals surface area contributed by atoms with Gasteiger partial charge in [0, 0.05) is 30.7 Å². The lowest BCUT2D eigenvalue weighted by Crippen LogP contribution is -2.30. The van der Waals surface area contributed by atoms with Gasteiger partial charge in [0.15, 0.2) is 10.8 Å². The Morgan fingerprint density at radius 2 is 2.39 bits per heavy atom. The van der Waals surface area contributed by atoms with E-state index in [2.05, 4.69) is 10.1 Å². The van der Waals surface area contributed by atoms with E-state index in [1.165, 1.54) is 11.3 Å². The third-order valence-corrected chi connectivity index (χ3v) is 4.94. The average Bonchev–Trinajstić information content (AvgIpc) is 3.31. The minimum Gasteiger partial charge on any atom is -0.462 e. The van der Waals surface area contributed by atoms with Gasteiger partial charge in [-0.3, -0.25) is 9.48 Å². The summed E-state index contributed by atoms with van der Waals surface area (Å²) in [6, 6.07) is 3.75. The van der Waals surface area contributed by atoms with Crippen LogP contribution in [-0.2, 0) is 7.05 Å². The standard InChI is InChI=1S/C16H16N4O2S/c1-19-9-11(8-17-19)13-4-2-6-20(13)16(21)12-10-23-15(18-12)14-5-3-7-22-14/h3,5,7-10,13H,2,4,6H2,1H3/t13-/m1/s1. The molecule has 1 fully saturated rings. The molecule has 1 aliphatic rings. The van der Waals surface area contributed by atoms with E-state index in [1.54, 1.807) is 16.3 Å². The molecule has 0 aliphatic carbocycles. The van der Waals surface area contributed by atoms with Crippen molar-refractivity contribution in [2.24, 2.45) is 7.05 Å². The van der Waals surface area contributed by atoms with Crippen LogP contribution < -0.4 is 0 Å². The lowest BCUT2D eigenvalue weighted by molar-refractivity contribution is 0.0730. The molecule has 4 rings (SSSR count). The zero-order valence-electron chi connectivity index (χ0n) is 12.7. The van der Waals surface area contributed by atoms with Gasteiger partial charge in [0.2, 0.25) is 0 Å². The lowest BCUT2D eigenvalue weighted by atomic mass is 10.1. The number of furan rings is 1. The van der Waals surface area contributed by atoms with E-state index in [4.69, 9.17) is 4.42 Å². The van der Waals surface area contributed by atoms with E-state index in [9.17, 15) is 4.79 Å². The van der Waals surface area contributed by atoms with E-state index in [0.717, 1.165) is 30.0 Å². The molecule has 0 saturated carbocycles. The van der Waals surface area contributed by atoms with E-state index >= 15 is 0 Å². The van der Waals surface area contributed by atoms with Crippen molar-refractivity contribution in [1.29, 1.82) is 0 Å². The SMILES string of the molecule is Cn1cc([C@H]2CCCN2C(=O)c2csc(-c3ccco3)n2)cn1. The quantitative estimate of drug-likeness (QED) is 0.741. The van der Waals surface area contributed by atoms with Crippen LogP contribution in [0.1, 0.15) is 34.9 Å². The van der Waals surface area contributed by atoms with Gasteiger partial charge >= 0.3 is 0 Å². The van der Waals surface area contributed by atoms with Crippen molar-refractivity contribution in [3.8, 4) is 10.8 Å². The molecule has 0 bridgehead atoms. The van der Waals surface area contributed by atoms with Crippen molar-refractivity contribution in [3.05, 3.63) is 47.4 Å².